The number of aryl methyl sites for hydroxylation is 1. The van der Waals surface area contributed by atoms with Crippen LogP contribution in [-0.2, 0) is 17.5 Å². The first-order valence-corrected chi connectivity index (χ1v) is 9.93. The number of imidazole rings is 1. The third-order valence-corrected chi connectivity index (χ3v) is 5.42. The minimum atomic E-state index is -4.61. The highest BCUT2D eigenvalue weighted by Crippen LogP contribution is 2.48. The Hall–Kier alpha value is -2.33. The maximum atomic E-state index is 13.3. The smallest absolute Gasteiger partial charge is 0.433 e. The van der Waals surface area contributed by atoms with Crippen LogP contribution in [0.4, 0.5) is 24.5 Å². The summed E-state index contributed by atoms with van der Waals surface area (Å²) in [6.07, 6.45) is -3.88. The molecule has 0 spiro atoms. The number of alkyl halides is 3. The highest BCUT2D eigenvalue weighted by molar-refractivity contribution is 9.10. The Balaban J connectivity index is 1.79. The molecule has 0 unspecified atom stereocenters. The van der Waals surface area contributed by atoms with Crippen LogP contribution in [0.15, 0.2) is 51.5 Å². The molecule has 10 heteroatoms. The number of fused-ring (bicyclic) bond motifs is 2. The zero-order valence-corrected chi connectivity index (χ0v) is 18.0. The van der Waals surface area contributed by atoms with Gasteiger partial charge in [-0.25, -0.2) is 4.98 Å². The number of hydrogen-bond donors (Lipinski definition) is 0. The number of nitrogens with zero attached hydrogens (tertiary/aromatic N) is 3. The molecule has 3 aromatic rings. The second kappa shape index (κ2) is 7.17. The fourth-order valence-corrected chi connectivity index (χ4v) is 3.81. The van der Waals surface area contributed by atoms with E-state index in [9.17, 15) is 18.0 Å². The minimum Gasteiger partial charge on any atom is -0.453 e. The summed E-state index contributed by atoms with van der Waals surface area (Å²) in [5.74, 6) is 0.381. The second-order valence-electron chi connectivity index (χ2n) is 6.33. The lowest BCUT2D eigenvalue weighted by Gasteiger charge is -2.31. The number of aromatic nitrogens is 2. The summed E-state index contributed by atoms with van der Waals surface area (Å²) in [6, 6.07) is 10.2. The van der Waals surface area contributed by atoms with Gasteiger partial charge < -0.3 is 9.30 Å². The SMILES string of the molecule is Cc1ncc(C(F)(F)F)n1CC(=O)N1c2ccc(Br)cc2Oc2cc(Br)ccc21. The molecule has 0 bridgehead atoms. The molecule has 1 amide bonds. The number of carbonyl (C=O) groups is 1. The van der Waals surface area contributed by atoms with Gasteiger partial charge in [-0.15, -0.1) is 0 Å². The number of rotatable bonds is 2. The van der Waals surface area contributed by atoms with Crippen molar-refractivity contribution in [3.05, 3.63) is 63.1 Å². The Bertz CT molecular complexity index is 1080. The van der Waals surface area contributed by atoms with Crippen LogP contribution in [-0.4, -0.2) is 15.5 Å². The summed E-state index contributed by atoms with van der Waals surface area (Å²) < 4.78 is 48.2. The molecule has 2 aromatic carbocycles. The van der Waals surface area contributed by atoms with E-state index in [1.807, 2.05) is 0 Å². The van der Waals surface area contributed by atoms with Gasteiger partial charge in [-0.2, -0.15) is 13.2 Å². The lowest BCUT2D eigenvalue weighted by atomic mass is 10.1. The Kier molecular flexibility index (Phi) is 4.94. The summed E-state index contributed by atoms with van der Waals surface area (Å²) in [7, 11) is 0. The van der Waals surface area contributed by atoms with Crippen LogP contribution in [0.2, 0.25) is 0 Å². The van der Waals surface area contributed by atoms with E-state index in [1.54, 1.807) is 36.4 Å². The molecule has 29 heavy (non-hydrogen) atoms. The van der Waals surface area contributed by atoms with Crippen molar-refractivity contribution in [2.75, 3.05) is 4.90 Å². The molecule has 0 atom stereocenters. The summed E-state index contributed by atoms with van der Waals surface area (Å²) in [5, 5.41) is 0. The monoisotopic (exact) mass is 529 g/mol. The van der Waals surface area contributed by atoms with E-state index in [-0.39, 0.29) is 5.82 Å². The lowest BCUT2D eigenvalue weighted by Crippen LogP contribution is -2.33. The Labute approximate surface area is 180 Å². The maximum Gasteiger partial charge on any atom is 0.433 e. The first-order chi connectivity index (χ1) is 13.6. The van der Waals surface area contributed by atoms with Crippen molar-refractivity contribution < 1.29 is 22.7 Å². The van der Waals surface area contributed by atoms with Crippen molar-refractivity contribution in [2.45, 2.75) is 19.6 Å². The normalized spacial score (nSPS) is 13.0. The molecule has 1 aromatic heterocycles. The summed E-state index contributed by atoms with van der Waals surface area (Å²) in [5.41, 5.74) is -0.0811. The highest BCUT2D eigenvalue weighted by atomic mass is 79.9. The van der Waals surface area contributed by atoms with Crippen LogP contribution in [0, 0.1) is 6.92 Å². The zero-order valence-electron chi connectivity index (χ0n) is 14.8. The quantitative estimate of drug-likeness (QED) is 0.396. The van der Waals surface area contributed by atoms with E-state index in [4.69, 9.17) is 4.74 Å². The van der Waals surface area contributed by atoms with Gasteiger partial charge in [0.25, 0.3) is 5.91 Å². The van der Waals surface area contributed by atoms with Crippen LogP contribution in [0.25, 0.3) is 0 Å². The first kappa shape index (κ1) is 20.0. The van der Waals surface area contributed by atoms with Gasteiger partial charge in [-0.3, -0.25) is 9.69 Å². The van der Waals surface area contributed by atoms with E-state index in [0.717, 1.165) is 19.7 Å². The fourth-order valence-electron chi connectivity index (χ4n) is 3.13. The van der Waals surface area contributed by atoms with Crippen molar-refractivity contribution in [3.8, 4) is 11.5 Å². The number of anilines is 2. The Morgan fingerprint density at radius 3 is 2.14 bits per heavy atom. The average Bonchev–Trinajstić information content (AvgIpc) is 3.00. The third kappa shape index (κ3) is 3.66. The fraction of sp³-hybridized carbons (Fsp3) is 0.158. The number of benzene rings is 2. The average molecular weight is 531 g/mol. The second-order valence-corrected chi connectivity index (χ2v) is 8.16. The van der Waals surface area contributed by atoms with Crippen LogP contribution >= 0.6 is 31.9 Å². The molecular weight excluding hydrogens is 519 g/mol. The molecular formula is C19H12Br2F3N3O2. The number of halogens is 5. The van der Waals surface area contributed by atoms with Crippen molar-refractivity contribution in [1.29, 1.82) is 0 Å². The van der Waals surface area contributed by atoms with Crippen molar-refractivity contribution in [3.63, 3.8) is 0 Å². The van der Waals surface area contributed by atoms with Crippen LogP contribution in [0.3, 0.4) is 0 Å². The zero-order chi connectivity index (χ0) is 20.9. The Morgan fingerprint density at radius 1 is 1.07 bits per heavy atom. The van der Waals surface area contributed by atoms with Crippen LogP contribution in [0.1, 0.15) is 11.5 Å². The molecule has 1 aliphatic rings. The van der Waals surface area contributed by atoms with Gasteiger partial charge in [-0.1, -0.05) is 31.9 Å². The standard InChI is InChI=1S/C19H12Br2F3N3O2/c1-10-25-8-17(19(22,23)24)26(10)9-18(28)27-13-4-2-11(20)6-15(13)29-16-7-12(21)3-5-14(16)27/h2-8H,9H2,1H3. The number of amides is 1. The minimum absolute atomic E-state index is 0.103. The molecule has 4 rings (SSSR count). The van der Waals surface area contributed by atoms with Crippen molar-refractivity contribution in [2.24, 2.45) is 0 Å². The van der Waals surface area contributed by atoms with Crippen molar-refractivity contribution in [1.82, 2.24) is 9.55 Å². The van der Waals surface area contributed by atoms with Gasteiger partial charge in [-0.05, 0) is 43.3 Å². The molecule has 5 nitrogen and oxygen atoms in total. The molecule has 0 saturated carbocycles. The molecule has 150 valence electrons. The van der Waals surface area contributed by atoms with Crippen LogP contribution in [0.5, 0.6) is 11.5 Å². The lowest BCUT2D eigenvalue weighted by molar-refractivity contribution is -0.144. The molecule has 1 aliphatic heterocycles. The largest absolute Gasteiger partial charge is 0.453 e. The first-order valence-electron chi connectivity index (χ1n) is 8.34. The molecule has 0 saturated heterocycles. The number of hydrogen-bond acceptors (Lipinski definition) is 3. The van der Waals surface area contributed by atoms with Crippen molar-refractivity contribution >= 4 is 49.1 Å². The predicted octanol–water partition coefficient (Wildman–Crippen LogP) is 6.21. The molecule has 0 fully saturated rings. The van der Waals surface area contributed by atoms with E-state index in [2.05, 4.69) is 36.8 Å². The van der Waals surface area contributed by atoms with Gasteiger partial charge in [0, 0.05) is 8.95 Å². The van der Waals surface area contributed by atoms with Gasteiger partial charge in [0.1, 0.15) is 18.1 Å². The molecule has 0 radical (unpaired) electrons. The third-order valence-electron chi connectivity index (χ3n) is 4.43. The van der Waals surface area contributed by atoms with Gasteiger partial charge >= 0.3 is 6.18 Å². The van der Waals surface area contributed by atoms with Gasteiger partial charge in [0.2, 0.25) is 0 Å². The van der Waals surface area contributed by atoms with Gasteiger partial charge in [0.15, 0.2) is 11.5 Å². The van der Waals surface area contributed by atoms with Crippen LogP contribution < -0.4 is 9.64 Å². The molecule has 2 heterocycles. The maximum absolute atomic E-state index is 13.3. The van der Waals surface area contributed by atoms with E-state index < -0.39 is 24.3 Å². The highest BCUT2D eigenvalue weighted by Gasteiger charge is 2.37. The van der Waals surface area contributed by atoms with E-state index >= 15 is 0 Å². The predicted molar refractivity (Wildman–Crippen MR) is 107 cm³/mol. The van der Waals surface area contributed by atoms with E-state index in [1.165, 1.54) is 11.8 Å². The summed E-state index contributed by atoms with van der Waals surface area (Å²) >= 11 is 6.72. The van der Waals surface area contributed by atoms with Gasteiger partial charge in [0.05, 0.1) is 17.6 Å². The topological polar surface area (TPSA) is 47.4 Å². The summed E-state index contributed by atoms with van der Waals surface area (Å²) in [4.78, 5) is 18.3. The molecule has 0 N–H and O–H groups in total. The number of ether oxygens (including phenoxy) is 1. The molecule has 0 aliphatic carbocycles. The summed E-state index contributed by atoms with van der Waals surface area (Å²) in [6.45, 7) is 0.906. The number of carbonyl (C=O) groups excluding carboxylic acids is 1. The van der Waals surface area contributed by atoms with E-state index in [0.29, 0.717) is 22.9 Å². The Morgan fingerprint density at radius 2 is 1.62 bits per heavy atom.